The Bertz CT molecular complexity index is 652. The molecule has 1 aliphatic heterocycles. The van der Waals surface area contributed by atoms with E-state index in [1.54, 1.807) is 0 Å². The van der Waals surface area contributed by atoms with Gasteiger partial charge < -0.3 is 9.47 Å². The minimum atomic E-state index is 0.0247. The zero-order valence-corrected chi connectivity index (χ0v) is 15.7. The van der Waals surface area contributed by atoms with Gasteiger partial charge in [-0.3, -0.25) is 0 Å². The van der Waals surface area contributed by atoms with Crippen molar-refractivity contribution < 1.29 is 9.47 Å². The smallest absolute Gasteiger partial charge is 0.0856 e. The van der Waals surface area contributed by atoms with E-state index in [2.05, 4.69) is 74.2 Å². The Hall–Kier alpha value is -1.90. The fraction of sp³-hybridized carbons (Fsp3) is 0.417. The first kappa shape index (κ1) is 18.9. The van der Waals surface area contributed by atoms with E-state index in [0.717, 1.165) is 32.1 Å². The van der Waals surface area contributed by atoms with Gasteiger partial charge in [0.2, 0.25) is 0 Å². The molecule has 1 saturated heterocycles. The molecule has 1 fully saturated rings. The van der Waals surface area contributed by atoms with Crippen molar-refractivity contribution in [3.8, 4) is 0 Å². The van der Waals surface area contributed by atoms with Gasteiger partial charge >= 0.3 is 0 Å². The largest absolute Gasteiger partial charge is 0.370 e. The van der Waals surface area contributed by atoms with Crippen LogP contribution in [0.1, 0.15) is 62.4 Å². The molecule has 0 unspecified atom stereocenters. The number of benzene rings is 2. The topological polar surface area (TPSA) is 18.5 Å². The summed E-state index contributed by atoms with van der Waals surface area (Å²) in [6.45, 7) is 6.11. The quantitative estimate of drug-likeness (QED) is 0.593. The summed E-state index contributed by atoms with van der Waals surface area (Å²) in [6, 6.07) is 21.1. The molecule has 0 saturated carbocycles. The molecular formula is C24H30O2. The molecule has 0 amide bonds. The van der Waals surface area contributed by atoms with Gasteiger partial charge in [0.05, 0.1) is 24.4 Å². The summed E-state index contributed by atoms with van der Waals surface area (Å²) in [5.74, 6) is 0. The van der Waals surface area contributed by atoms with Gasteiger partial charge in [0, 0.05) is 6.42 Å². The van der Waals surface area contributed by atoms with Gasteiger partial charge in [-0.1, -0.05) is 66.7 Å². The van der Waals surface area contributed by atoms with E-state index in [0.29, 0.717) is 0 Å². The van der Waals surface area contributed by atoms with Gasteiger partial charge in [-0.15, -0.1) is 6.58 Å². The monoisotopic (exact) mass is 350 g/mol. The molecule has 2 aromatic rings. The van der Waals surface area contributed by atoms with Crippen LogP contribution in [0.5, 0.6) is 0 Å². The van der Waals surface area contributed by atoms with Crippen molar-refractivity contribution in [1.82, 2.24) is 0 Å². The standard InChI is InChI=1S/C24H30O2/c1-3-11-22-17-10-12-19(2)25-23(20-13-6-4-7-14-20)18-24(26-22)21-15-8-5-9-16-21/h3-9,13-16,19,22-24H,1,10-12,17-18H2,2H3/t19-,22-,23-,24-/m0/s1. The molecular weight excluding hydrogens is 320 g/mol. The highest BCUT2D eigenvalue weighted by Crippen LogP contribution is 2.36. The van der Waals surface area contributed by atoms with E-state index in [9.17, 15) is 0 Å². The van der Waals surface area contributed by atoms with Crippen LogP contribution in [0.15, 0.2) is 73.3 Å². The van der Waals surface area contributed by atoms with Crippen LogP contribution in [0.25, 0.3) is 0 Å². The van der Waals surface area contributed by atoms with Gasteiger partial charge in [-0.05, 0) is 43.7 Å². The van der Waals surface area contributed by atoms with E-state index >= 15 is 0 Å². The van der Waals surface area contributed by atoms with Crippen molar-refractivity contribution in [3.63, 3.8) is 0 Å². The average Bonchev–Trinajstić information content (AvgIpc) is 2.68. The first-order chi connectivity index (χ1) is 12.8. The van der Waals surface area contributed by atoms with Gasteiger partial charge in [-0.25, -0.2) is 0 Å². The SMILES string of the molecule is C=CC[C@H]1CCC[C@H](C)O[C@H](c2ccccc2)C[C@@H](c2ccccc2)O1. The van der Waals surface area contributed by atoms with Crippen LogP contribution >= 0.6 is 0 Å². The lowest BCUT2D eigenvalue weighted by molar-refractivity contribution is -0.0850. The molecule has 138 valence electrons. The highest BCUT2D eigenvalue weighted by molar-refractivity contribution is 5.21. The molecule has 2 nitrogen and oxygen atoms in total. The van der Waals surface area contributed by atoms with E-state index in [1.807, 2.05) is 6.08 Å². The summed E-state index contributed by atoms with van der Waals surface area (Å²) in [7, 11) is 0. The molecule has 1 aliphatic rings. The Morgan fingerprint density at radius 1 is 0.885 bits per heavy atom. The van der Waals surface area contributed by atoms with Crippen LogP contribution in [0, 0.1) is 0 Å². The van der Waals surface area contributed by atoms with Crippen molar-refractivity contribution in [1.29, 1.82) is 0 Å². The molecule has 0 spiro atoms. The lowest BCUT2D eigenvalue weighted by Crippen LogP contribution is -2.24. The van der Waals surface area contributed by atoms with Crippen molar-refractivity contribution in [3.05, 3.63) is 84.4 Å². The first-order valence-corrected chi connectivity index (χ1v) is 9.78. The molecule has 0 N–H and O–H groups in total. The normalized spacial score (nSPS) is 27.6. The van der Waals surface area contributed by atoms with Gasteiger partial charge in [0.25, 0.3) is 0 Å². The predicted octanol–water partition coefficient (Wildman–Crippen LogP) is 6.41. The summed E-state index contributed by atoms with van der Waals surface area (Å²) < 4.78 is 13.0. The second-order valence-corrected chi connectivity index (χ2v) is 7.19. The van der Waals surface area contributed by atoms with Crippen molar-refractivity contribution in [2.75, 3.05) is 0 Å². The van der Waals surface area contributed by atoms with Crippen LogP contribution in [0.4, 0.5) is 0 Å². The molecule has 0 aliphatic carbocycles. The zero-order chi connectivity index (χ0) is 18.2. The maximum Gasteiger partial charge on any atom is 0.0856 e. The summed E-state index contributed by atoms with van der Waals surface area (Å²) in [5.41, 5.74) is 2.45. The van der Waals surface area contributed by atoms with Crippen LogP contribution in [-0.4, -0.2) is 12.2 Å². The van der Waals surface area contributed by atoms with Gasteiger partial charge in [-0.2, -0.15) is 0 Å². The van der Waals surface area contributed by atoms with Crippen molar-refractivity contribution >= 4 is 0 Å². The van der Waals surface area contributed by atoms with Crippen LogP contribution in [0.2, 0.25) is 0 Å². The molecule has 3 rings (SSSR count). The number of hydrogen-bond acceptors (Lipinski definition) is 2. The molecule has 26 heavy (non-hydrogen) atoms. The van der Waals surface area contributed by atoms with Crippen LogP contribution in [-0.2, 0) is 9.47 Å². The van der Waals surface area contributed by atoms with E-state index < -0.39 is 0 Å². The molecule has 0 radical (unpaired) electrons. The Kier molecular flexibility index (Phi) is 7.04. The van der Waals surface area contributed by atoms with Crippen molar-refractivity contribution in [2.45, 2.75) is 63.4 Å². The Morgan fingerprint density at radius 3 is 2.04 bits per heavy atom. The third-order valence-electron chi connectivity index (χ3n) is 5.09. The van der Waals surface area contributed by atoms with Crippen LogP contribution < -0.4 is 0 Å². The predicted molar refractivity (Wildman–Crippen MR) is 107 cm³/mol. The molecule has 0 aromatic heterocycles. The summed E-state index contributed by atoms with van der Waals surface area (Å²) in [4.78, 5) is 0. The Labute approximate surface area is 157 Å². The summed E-state index contributed by atoms with van der Waals surface area (Å²) in [5, 5.41) is 0. The fourth-order valence-electron chi connectivity index (χ4n) is 3.71. The number of rotatable bonds is 4. The van der Waals surface area contributed by atoms with E-state index in [1.165, 1.54) is 11.1 Å². The minimum Gasteiger partial charge on any atom is -0.370 e. The molecule has 2 aromatic carbocycles. The molecule has 0 bridgehead atoms. The van der Waals surface area contributed by atoms with E-state index in [-0.39, 0.29) is 24.4 Å². The third kappa shape index (κ3) is 5.30. The number of hydrogen-bond donors (Lipinski definition) is 0. The maximum absolute atomic E-state index is 6.59. The fourth-order valence-corrected chi connectivity index (χ4v) is 3.71. The lowest BCUT2D eigenvalue weighted by atomic mass is 9.96. The number of ether oxygens (including phenoxy) is 2. The second-order valence-electron chi connectivity index (χ2n) is 7.19. The third-order valence-corrected chi connectivity index (χ3v) is 5.09. The zero-order valence-electron chi connectivity index (χ0n) is 15.7. The Morgan fingerprint density at radius 2 is 1.46 bits per heavy atom. The Balaban J connectivity index is 1.89. The minimum absolute atomic E-state index is 0.0247. The second kappa shape index (κ2) is 9.70. The summed E-state index contributed by atoms with van der Waals surface area (Å²) >= 11 is 0. The maximum atomic E-state index is 6.59. The van der Waals surface area contributed by atoms with Crippen molar-refractivity contribution in [2.24, 2.45) is 0 Å². The highest BCUT2D eigenvalue weighted by Gasteiger charge is 2.26. The molecule has 2 heteroatoms. The van der Waals surface area contributed by atoms with Crippen LogP contribution in [0.3, 0.4) is 0 Å². The molecule has 4 atom stereocenters. The van der Waals surface area contributed by atoms with Gasteiger partial charge in [0.1, 0.15) is 0 Å². The first-order valence-electron chi connectivity index (χ1n) is 9.78. The molecule has 1 heterocycles. The lowest BCUT2D eigenvalue weighted by Gasteiger charge is -2.32. The van der Waals surface area contributed by atoms with Gasteiger partial charge in [0.15, 0.2) is 0 Å². The average molecular weight is 351 g/mol. The summed E-state index contributed by atoms with van der Waals surface area (Å²) in [6.07, 6.45) is 7.47. The highest BCUT2D eigenvalue weighted by atomic mass is 16.5. The van der Waals surface area contributed by atoms with E-state index in [4.69, 9.17) is 9.47 Å².